The molecule has 1 aliphatic heterocycles. The van der Waals surface area contributed by atoms with Crippen molar-refractivity contribution in [3.63, 3.8) is 0 Å². The van der Waals surface area contributed by atoms with Crippen molar-refractivity contribution < 1.29 is 18.1 Å². The third kappa shape index (κ3) is 5.55. The first-order valence-electron chi connectivity index (χ1n) is 9.62. The van der Waals surface area contributed by atoms with Gasteiger partial charge in [-0.25, -0.2) is 8.42 Å². The van der Waals surface area contributed by atoms with E-state index in [0.717, 1.165) is 5.56 Å². The van der Waals surface area contributed by atoms with E-state index in [1.54, 1.807) is 18.2 Å². The molecule has 0 aliphatic carbocycles. The van der Waals surface area contributed by atoms with E-state index in [9.17, 15) is 23.3 Å². The molecule has 0 radical (unpaired) electrons. The summed E-state index contributed by atoms with van der Waals surface area (Å²) in [5.41, 5.74) is 1.15. The van der Waals surface area contributed by atoms with Crippen molar-refractivity contribution in [1.82, 2.24) is 10.2 Å². The van der Waals surface area contributed by atoms with Crippen molar-refractivity contribution in [2.24, 2.45) is 0 Å². The molecule has 0 aromatic heterocycles. The molecule has 2 aromatic carbocycles. The molecule has 0 saturated carbocycles. The average molecular weight is 433 g/mol. The van der Waals surface area contributed by atoms with Gasteiger partial charge in [0.05, 0.1) is 16.4 Å². The number of nitro groups is 1. The van der Waals surface area contributed by atoms with E-state index in [0.29, 0.717) is 25.3 Å². The Morgan fingerprint density at radius 3 is 2.33 bits per heavy atom. The normalized spacial score (nSPS) is 17.1. The summed E-state index contributed by atoms with van der Waals surface area (Å²) in [6, 6.07) is 15.0. The second-order valence-corrected chi connectivity index (χ2v) is 9.30. The van der Waals surface area contributed by atoms with Crippen LogP contribution in [0.15, 0.2) is 54.6 Å². The van der Waals surface area contributed by atoms with Crippen molar-refractivity contribution in [2.75, 3.05) is 43.0 Å². The van der Waals surface area contributed by atoms with Crippen LogP contribution in [-0.4, -0.2) is 61.8 Å². The minimum atomic E-state index is -3.06. The quantitative estimate of drug-likeness (QED) is 0.369. The second kappa shape index (κ2) is 9.68. The summed E-state index contributed by atoms with van der Waals surface area (Å²) < 4.78 is 23.5. The fourth-order valence-electron chi connectivity index (χ4n) is 3.41. The van der Waals surface area contributed by atoms with E-state index in [4.69, 9.17) is 0 Å². The number of nitrogens with one attached hydrogen (secondary N) is 2. The van der Waals surface area contributed by atoms with Gasteiger partial charge in [-0.15, -0.1) is 0 Å². The summed E-state index contributed by atoms with van der Waals surface area (Å²) in [5.74, 6) is -0.170. The lowest BCUT2D eigenvalue weighted by Gasteiger charge is -2.33. The molecule has 1 aliphatic rings. The fraction of sp³-hybridized carbons (Fsp3) is 0.350. The number of sulfone groups is 1. The standard InChI is InChI=1S/C20H24N4O5S/c25-20(22-11-10-21-17-8-4-5-9-18(17)24(26)27)19(16-6-2-1-3-7-16)23-12-14-30(28,29)15-13-23/h1-9,19,21H,10-15H2,(H,22,25). The lowest BCUT2D eigenvalue weighted by molar-refractivity contribution is -0.384. The van der Waals surface area contributed by atoms with Gasteiger partial charge in [0.25, 0.3) is 5.69 Å². The van der Waals surface area contributed by atoms with Crippen LogP contribution in [0.2, 0.25) is 0 Å². The van der Waals surface area contributed by atoms with Crippen LogP contribution in [0.5, 0.6) is 0 Å². The van der Waals surface area contributed by atoms with Gasteiger partial charge in [-0.2, -0.15) is 0 Å². The number of nitro benzene ring substituents is 1. The molecule has 1 unspecified atom stereocenters. The zero-order valence-corrected chi connectivity index (χ0v) is 17.2. The van der Waals surface area contributed by atoms with Crippen molar-refractivity contribution in [3.8, 4) is 0 Å². The monoisotopic (exact) mass is 432 g/mol. The summed E-state index contributed by atoms with van der Waals surface area (Å²) >= 11 is 0. The molecule has 1 fully saturated rings. The highest BCUT2D eigenvalue weighted by atomic mass is 32.2. The van der Waals surface area contributed by atoms with Crippen LogP contribution < -0.4 is 10.6 Å². The lowest BCUT2D eigenvalue weighted by atomic mass is 10.0. The highest BCUT2D eigenvalue weighted by molar-refractivity contribution is 7.91. The first kappa shape index (κ1) is 21.7. The molecule has 0 spiro atoms. The number of rotatable bonds is 8. The van der Waals surface area contributed by atoms with Crippen LogP contribution in [0.4, 0.5) is 11.4 Å². The SMILES string of the molecule is O=C(NCCNc1ccccc1[N+](=O)[O-])C(c1ccccc1)N1CCS(=O)(=O)CC1. The van der Waals surface area contributed by atoms with Crippen molar-refractivity contribution in [1.29, 1.82) is 0 Å². The van der Waals surface area contributed by atoms with Gasteiger partial charge < -0.3 is 10.6 Å². The van der Waals surface area contributed by atoms with Gasteiger partial charge in [-0.1, -0.05) is 42.5 Å². The number of nitrogens with zero attached hydrogens (tertiary/aromatic N) is 2. The maximum atomic E-state index is 13.0. The van der Waals surface area contributed by atoms with Gasteiger partial charge in [-0.05, 0) is 11.6 Å². The van der Waals surface area contributed by atoms with E-state index in [2.05, 4.69) is 10.6 Å². The molecule has 10 heteroatoms. The maximum Gasteiger partial charge on any atom is 0.292 e. The molecular formula is C20H24N4O5S. The molecule has 3 rings (SSSR count). The second-order valence-electron chi connectivity index (χ2n) is 6.99. The predicted molar refractivity (Wildman–Crippen MR) is 114 cm³/mol. The predicted octanol–water partition coefficient (Wildman–Crippen LogP) is 1.59. The molecule has 30 heavy (non-hydrogen) atoms. The Hall–Kier alpha value is -2.98. The topological polar surface area (TPSA) is 122 Å². The molecule has 1 saturated heterocycles. The average Bonchev–Trinajstić information content (AvgIpc) is 2.73. The number of carbonyl (C=O) groups excluding carboxylic acids is 1. The van der Waals surface area contributed by atoms with Crippen LogP contribution >= 0.6 is 0 Å². The molecule has 2 aromatic rings. The first-order valence-corrected chi connectivity index (χ1v) is 11.4. The van der Waals surface area contributed by atoms with Gasteiger partial charge >= 0.3 is 0 Å². The molecule has 2 N–H and O–H groups in total. The molecule has 1 heterocycles. The summed E-state index contributed by atoms with van der Waals surface area (Å²) in [7, 11) is -3.06. The number of carbonyl (C=O) groups is 1. The van der Waals surface area contributed by atoms with Gasteiger partial charge in [-0.3, -0.25) is 19.8 Å². The molecule has 1 atom stereocenters. The van der Waals surface area contributed by atoms with Crippen LogP contribution in [0.1, 0.15) is 11.6 Å². The van der Waals surface area contributed by atoms with Gasteiger partial charge in [0, 0.05) is 32.2 Å². The molecule has 1 amide bonds. The van der Waals surface area contributed by atoms with Gasteiger partial charge in [0.2, 0.25) is 5.91 Å². The Bertz CT molecular complexity index is 983. The number of amides is 1. The summed E-state index contributed by atoms with van der Waals surface area (Å²) in [6.07, 6.45) is 0. The molecule has 9 nitrogen and oxygen atoms in total. The highest BCUT2D eigenvalue weighted by Gasteiger charge is 2.32. The minimum absolute atomic E-state index is 0.0273. The van der Waals surface area contributed by atoms with Crippen LogP contribution in [-0.2, 0) is 14.6 Å². The molecule has 160 valence electrons. The largest absolute Gasteiger partial charge is 0.378 e. The molecule has 0 bridgehead atoms. The Kier molecular flexibility index (Phi) is 7.01. The van der Waals surface area contributed by atoms with Gasteiger partial charge in [0.15, 0.2) is 9.84 Å². The summed E-state index contributed by atoms with van der Waals surface area (Å²) in [6.45, 7) is 1.17. The van der Waals surface area contributed by atoms with E-state index in [1.165, 1.54) is 6.07 Å². The van der Waals surface area contributed by atoms with Crippen LogP contribution in [0, 0.1) is 10.1 Å². The highest BCUT2D eigenvalue weighted by Crippen LogP contribution is 2.24. The van der Waals surface area contributed by atoms with E-state index < -0.39 is 20.8 Å². The lowest BCUT2D eigenvalue weighted by Crippen LogP contribution is -2.48. The number of anilines is 1. The Balaban J connectivity index is 1.62. The van der Waals surface area contributed by atoms with E-state index in [1.807, 2.05) is 35.2 Å². The third-order valence-corrected chi connectivity index (χ3v) is 6.56. The first-order chi connectivity index (χ1) is 14.4. The van der Waals surface area contributed by atoms with Crippen LogP contribution in [0.25, 0.3) is 0 Å². The van der Waals surface area contributed by atoms with E-state index in [-0.39, 0.29) is 29.6 Å². The third-order valence-electron chi connectivity index (χ3n) is 4.95. The summed E-state index contributed by atoms with van der Waals surface area (Å²) in [5, 5.41) is 16.9. The van der Waals surface area contributed by atoms with Gasteiger partial charge in [0.1, 0.15) is 11.7 Å². The Labute approximate surface area is 175 Å². The minimum Gasteiger partial charge on any atom is -0.378 e. The van der Waals surface area contributed by atoms with E-state index >= 15 is 0 Å². The van der Waals surface area contributed by atoms with Crippen molar-refractivity contribution in [3.05, 3.63) is 70.3 Å². The Morgan fingerprint density at radius 2 is 1.67 bits per heavy atom. The molecular weight excluding hydrogens is 408 g/mol. The number of para-hydroxylation sites is 2. The van der Waals surface area contributed by atoms with Crippen LogP contribution in [0.3, 0.4) is 0 Å². The zero-order chi connectivity index (χ0) is 21.6. The van der Waals surface area contributed by atoms with Crippen molar-refractivity contribution in [2.45, 2.75) is 6.04 Å². The Morgan fingerprint density at radius 1 is 1.03 bits per heavy atom. The number of benzene rings is 2. The maximum absolute atomic E-state index is 13.0. The fourth-order valence-corrected chi connectivity index (χ4v) is 4.64. The number of hydrogen-bond acceptors (Lipinski definition) is 7. The smallest absolute Gasteiger partial charge is 0.292 e. The zero-order valence-electron chi connectivity index (χ0n) is 16.4. The van der Waals surface area contributed by atoms with Crippen molar-refractivity contribution >= 4 is 27.1 Å². The summed E-state index contributed by atoms with van der Waals surface area (Å²) in [4.78, 5) is 25.4. The number of hydrogen-bond donors (Lipinski definition) is 2.